The predicted octanol–water partition coefficient (Wildman–Crippen LogP) is 2.32. The zero-order valence-electron chi connectivity index (χ0n) is 9.69. The molecule has 0 bridgehead atoms. The van der Waals surface area contributed by atoms with Crippen LogP contribution >= 0.6 is 0 Å². The lowest BCUT2D eigenvalue weighted by Crippen LogP contribution is -2.26. The van der Waals surface area contributed by atoms with Crippen molar-refractivity contribution in [3.8, 4) is 0 Å². The highest BCUT2D eigenvalue weighted by atomic mass is 16.5. The van der Waals surface area contributed by atoms with E-state index >= 15 is 0 Å². The van der Waals surface area contributed by atoms with Crippen LogP contribution in [0.3, 0.4) is 0 Å². The van der Waals surface area contributed by atoms with E-state index in [2.05, 4.69) is 12.2 Å². The number of unbranched alkanes of at least 4 members (excludes halogenated alkanes) is 1. The molecule has 1 aliphatic rings. The maximum absolute atomic E-state index is 11.4. The molecule has 0 spiro atoms. The van der Waals surface area contributed by atoms with Gasteiger partial charge >= 0.3 is 5.97 Å². The van der Waals surface area contributed by atoms with E-state index in [0.717, 1.165) is 12.8 Å². The van der Waals surface area contributed by atoms with E-state index in [1.54, 1.807) is 0 Å². The second-order valence-corrected chi connectivity index (χ2v) is 3.68. The van der Waals surface area contributed by atoms with Crippen molar-refractivity contribution in [3.63, 3.8) is 0 Å². The van der Waals surface area contributed by atoms with E-state index in [9.17, 15) is 4.79 Å². The Bertz CT molecular complexity index is 292. The molecule has 16 heavy (non-hydrogen) atoms. The monoisotopic (exact) mass is 221 g/mol. The predicted molar refractivity (Wildman–Crippen MR) is 64.8 cm³/mol. The number of carbonyl (C=O) groups excluding carboxylic acids is 1. The summed E-state index contributed by atoms with van der Waals surface area (Å²) in [6.07, 6.45) is 13.8. The van der Waals surface area contributed by atoms with E-state index in [1.165, 1.54) is 0 Å². The van der Waals surface area contributed by atoms with Crippen molar-refractivity contribution in [2.24, 2.45) is 0 Å². The Morgan fingerprint density at radius 3 is 2.94 bits per heavy atom. The third kappa shape index (κ3) is 5.39. The smallest absolute Gasteiger partial charge is 0.308 e. The minimum absolute atomic E-state index is 0.0235. The summed E-state index contributed by atoms with van der Waals surface area (Å²) in [6.45, 7) is 2.60. The second kappa shape index (κ2) is 7.74. The number of esters is 1. The fourth-order valence-electron chi connectivity index (χ4n) is 1.31. The normalized spacial score (nSPS) is 18.7. The van der Waals surface area contributed by atoms with Crippen molar-refractivity contribution < 1.29 is 9.53 Å². The quantitative estimate of drug-likeness (QED) is 0.572. The van der Waals surface area contributed by atoms with Crippen molar-refractivity contribution in [1.29, 1.82) is 0 Å². The molecule has 0 radical (unpaired) electrons. The summed E-state index contributed by atoms with van der Waals surface area (Å²) in [5.74, 6) is -0.145. The van der Waals surface area contributed by atoms with Gasteiger partial charge in [0, 0.05) is 0 Å². The summed E-state index contributed by atoms with van der Waals surface area (Å²) in [6, 6.07) is 0.0235. The third-order valence-corrected chi connectivity index (χ3v) is 2.23. The molecule has 0 aromatic heterocycles. The van der Waals surface area contributed by atoms with Crippen molar-refractivity contribution in [2.75, 3.05) is 6.61 Å². The second-order valence-electron chi connectivity index (χ2n) is 3.68. The van der Waals surface area contributed by atoms with Crippen molar-refractivity contribution in [3.05, 3.63) is 36.6 Å². The minimum atomic E-state index is -0.145. The van der Waals surface area contributed by atoms with E-state index in [1.807, 2.05) is 36.6 Å². The van der Waals surface area contributed by atoms with Crippen molar-refractivity contribution in [2.45, 2.75) is 32.2 Å². The molecule has 0 saturated carbocycles. The summed E-state index contributed by atoms with van der Waals surface area (Å²) < 4.78 is 5.10. The van der Waals surface area contributed by atoms with Crippen LogP contribution in [0.2, 0.25) is 0 Å². The van der Waals surface area contributed by atoms with Crippen LogP contribution in [0.1, 0.15) is 26.2 Å². The number of ether oxygens (including phenoxy) is 1. The molecule has 1 N–H and O–H groups in total. The molecule has 3 heteroatoms. The number of nitrogens with one attached hydrogen (secondary N) is 1. The van der Waals surface area contributed by atoms with E-state index in [4.69, 9.17) is 4.74 Å². The van der Waals surface area contributed by atoms with Crippen LogP contribution in [-0.2, 0) is 9.53 Å². The molecule has 1 heterocycles. The number of allylic oxidation sites excluding steroid dienone is 4. The first-order valence-corrected chi connectivity index (χ1v) is 5.74. The van der Waals surface area contributed by atoms with Crippen LogP contribution in [0.5, 0.6) is 0 Å². The molecule has 1 rings (SSSR count). The first-order valence-electron chi connectivity index (χ1n) is 5.74. The highest BCUT2D eigenvalue weighted by molar-refractivity contribution is 5.70. The van der Waals surface area contributed by atoms with Crippen LogP contribution < -0.4 is 5.32 Å². The largest absolute Gasteiger partial charge is 0.466 e. The number of rotatable bonds is 5. The van der Waals surface area contributed by atoms with E-state index in [0.29, 0.717) is 13.0 Å². The van der Waals surface area contributed by atoms with Crippen LogP contribution in [0, 0.1) is 0 Å². The molecule has 0 saturated heterocycles. The van der Waals surface area contributed by atoms with Gasteiger partial charge in [-0.3, -0.25) is 4.79 Å². The molecule has 1 unspecified atom stereocenters. The average molecular weight is 221 g/mol. The lowest BCUT2D eigenvalue weighted by molar-refractivity contribution is -0.144. The topological polar surface area (TPSA) is 38.3 Å². The summed E-state index contributed by atoms with van der Waals surface area (Å²) in [4.78, 5) is 11.4. The molecule has 0 amide bonds. The fraction of sp³-hybridized carbons (Fsp3) is 0.462. The Labute approximate surface area is 96.9 Å². The van der Waals surface area contributed by atoms with Crippen molar-refractivity contribution >= 4 is 5.97 Å². The maximum atomic E-state index is 11.4. The first kappa shape index (κ1) is 12.6. The molecule has 3 nitrogen and oxygen atoms in total. The van der Waals surface area contributed by atoms with Gasteiger partial charge in [-0.2, -0.15) is 0 Å². The van der Waals surface area contributed by atoms with Gasteiger partial charge in [-0.1, -0.05) is 37.6 Å². The number of hydrogen-bond donors (Lipinski definition) is 1. The molecule has 88 valence electrons. The summed E-state index contributed by atoms with van der Waals surface area (Å²) in [5.41, 5.74) is 0. The average Bonchev–Trinajstić information content (AvgIpc) is 2.22. The Hall–Kier alpha value is -1.51. The molecular formula is C13H19NO2. The Balaban J connectivity index is 2.29. The van der Waals surface area contributed by atoms with Gasteiger partial charge in [0.25, 0.3) is 0 Å². The van der Waals surface area contributed by atoms with Crippen LogP contribution in [0.25, 0.3) is 0 Å². The summed E-state index contributed by atoms with van der Waals surface area (Å²) in [7, 11) is 0. The first-order chi connectivity index (χ1) is 7.83. The zero-order valence-corrected chi connectivity index (χ0v) is 9.69. The van der Waals surface area contributed by atoms with E-state index in [-0.39, 0.29) is 12.0 Å². The molecule has 0 aromatic carbocycles. The lowest BCUT2D eigenvalue weighted by Gasteiger charge is -2.13. The molecule has 1 atom stereocenters. The molecule has 0 aromatic rings. The number of hydrogen-bond acceptors (Lipinski definition) is 3. The van der Waals surface area contributed by atoms with E-state index < -0.39 is 0 Å². The maximum Gasteiger partial charge on any atom is 0.308 e. The lowest BCUT2D eigenvalue weighted by atomic mass is 10.2. The van der Waals surface area contributed by atoms with Crippen LogP contribution in [0.15, 0.2) is 36.6 Å². The minimum Gasteiger partial charge on any atom is -0.466 e. The summed E-state index contributed by atoms with van der Waals surface area (Å²) in [5, 5.41) is 3.12. The SMILES string of the molecule is CCCCOC(=O)CC1C=CC=CC=CN1. The molecule has 1 aliphatic heterocycles. The zero-order chi connectivity index (χ0) is 11.6. The van der Waals surface area contributed by atoms with Gasteiger partial charge < -0.3 is 10.1 Å². The van der Waals surface area contributed by atoms with Gasteiger partial charge in [0.05, 0.1) is 19.1 Å². The van der Waals surface area contributed by atoms with Gasteiger partial charge in [0.1, 0.15) is 0 Å². The fourth-order valence-corrected chi connectivity index (χ4v) is 1.31. The van der Waals surface area contributed by atoms with Gasteiger partial charge in [-0.05, 0) is 18.7 Å². The van der Waals surface area contributed by atoms with Crippen LogP contribution in [-0.4, -0.2) is 18.6 Å². The highest BCUT2D eigenvalue weighted by Gasteiger charge is 2.10. The standard InChI is InChI=1S/C13H19NO2/c1-2-3-10-16-13(15)11-12-8-6-4-5-7-9-14-12/h4-9,12,14H,2-3,10-11H2,1H3. The Kier molecular flexibility index (Phi) is 6.07. The van der Waals surface area contributed by atoms with Crippen molar-refractivity contribution in [1.82, 2.24) is 5.32 Å². The Morgan fingerprint density at radius 1 is 1.31 bits per heavy atom. The highest BCUT2D eigenvalue weighted by Crippen LogP contribution is 2.01. The molecule has 0 aliphatic carbocycles. The van der Waals surface area contributed by atoms with Gasteiger partial charge in [-0.15, -0.1) is 0 Å². The van der Waals surface area contributed by atoms with Gasteiger partial charge in [0.15, 0.2) is 0 Å². The third-order valence-electron chi connectivity index (χ3n) is 2.23. The van der Waals surface area contributed by atoms with Gasteiger partial charge in [0.2, 0.25) is 0 Å². The summed E-state index contributed by atoms with van der Waals surface area (Å²) >= 11 is 0. The Morgan fingerprint density at radius 2 is 2.12 bits per heavy atom. The molecular weight excluding hydrogens is 202 g/mol. The number of carbonyl (C=O) groups is 1. The van der Waals surface area contributed by atoms with Gasteiger partial charge in [-0.25, -0.2) is 0 Å². The molecule has 0 fully saturated rings. The van der Waals surface area contributed by atoms with Crippen LogP contribution in [0.4, 0.5) is 0 Å².